The molecule has 1 amide bonds. The molecule has 0 unspecified atom stereocenters. The average molecular weight is 495 g/mol. The lowest BCUT2D eigenvalue weighted by atomic mass is 10.1. The Hall–Kier alpha value is -3.36. The van der Waals surface area contributed by atoms with E-state index in [1.807, 2.05) is 25.1 Å². The smallest absolute Gasteiger partial charge is 0.255 e. The van der Waals surface area contributed by atoms with E-state index < -0.39 is 15.9 Å². The number of sulfonamides is 1. The number of carbonyl (C=O) groups excluding carboxylic acids is 1. The summed E-state index contributed by atoms with van der Waals surface area (Å²) in [6, 6.07) is 19.1. The zero-order valence-electron chi connectivity index (χ0n) is 20.0. The third-order valence-corrected chi connectivity index (χ3v) is 7.92. The highest BCUT2D eigenvalue weighted by atomic mass is 32.2. The number of para-hydroxylation sites is 2. The van der Waals surface area contributed by atoms with E-state index in [2.05, 4.69) is 5.32 Å². The average Bonchev–Trinajstić information content (AvgIpc) is 2.87. The van der Waals surface area contributed by atoms with E-state index in [-0.39, 0.29) is 10.5 Å². The summed E-state index contributed by atoms with van der Waals surface area (Å²) in [5.41, 5.74) is 1.36. The number of carbonyl (C=O) groups is 1. The molecule has 3 aromatic rings. The van der Waals surface area contributed by atoms with Gasteiger partial charge in [0.2, 0.25) is 10.0 Å². The Balaban J connectivity index is 1.54. The highest BCUT2D eigenvalue weighted by Gasteiger charge is 2.28. The van der Waals surface area contributed by atoms with Crippen molar-refractivity contribution in [2.45, 2.75) is 38.0 Å². The molecule has 0 aromatic heterocycles. The number of benzene rings is 3. The molecule has 0 bridgehead atoms. The van der Waals surface area contributed by atoms with Crippen LogP contribution in [-0.2, 0) is 10.0 Å². The minimum Gasteiger partial charge on any atom is -0.494 e. The van der Waals surface area contributed by atoms with E-state index >= 15 is 0 Å². The largest absolute Gasteiger partial charge is 0.494 e. The molecule has 1 N–H and O–H groups in total. The molecule has 8 heteroatoms. The Morgan fingerprint density at radius 3 is 2.34 bits per heavy atom. The molecule has 1 heterocycles. The number of rotatable bonds is 8. The highest BCUT2D eigenvalue weighted by molar-refractivity contribution is 7.89. The first-order valence-corrected chi connectivity index (χ1v) is 13.2. The maximum absolute atomic E-state index is 13.2. The van der Waals surface area contributed by atoms with Crippen LogP contribution in [0, 0.1) is 6.92 Å². The molecule has 0 radical (unpaired) electrons. The van der Waals surface area contributed by atoms with Gasteiger partial charge in [0, 0.05) is 18.7 Å². The van der Waals surface area contributed by atoms with Gasteiger partial charge in [-0.2, -0.15) is 4.31 Å². The van der Waals surface area contributed by atoms with E-state index in [0.717, 1.165) is 25.0 Å². The first-order valence-electron chi connectivity index (χ1n) is 11.8. The third-order valence-electron chi connectivity index (χ3n) is 5.88. The van der Waals surface area contributed by atoms with Crippen LogP contribution in [0.1, 0.15) is 42.1 Å². The van der Waals surface area contributed by atoms with Gasteiger partial charge in [-0.1, -0.05) is 24.6 Å². The lowest BCUT2D eigenvalue weighted by Gasteiger charge is -2.26. The molecule has 1 aliphatic heterocycles. The predicted molar refractivity (Wildman–Crippen MR) is 136 cm³/mol. The maximum Gasteiger partial charge on any atom is 0.255 e. The molecule has 184 valence electrons. The van der Waals surface area contributed by atoms with Crippen molar-refractivity contribution in [1.29, 1.82) is 0 Å². The van der Waals surface area contributed by atoms with Crippen molar-refractivity contribution in [2.24, 2.45) is 0 Å². The summed E-state index contributed by atoms with van der Waals surface area (Å²) in [5.74, 6) is 1.40. The number of ether oxygens (including phenoxy) is 2. The van der Waals surface area contributed by atoms with Gasteiger partial charge in [-0.15, -0.1) is 0 Å². The van der Waals surface area contributed by atoms with Crippen molar-refractivity contribution >= 4 is 21.6 Å². The fourth-order valence-corrected chi connectivity index (χ4v) is 5.78. The molecule has 4 rings (SSSR count). The summed E-state index contributed by atoms with van der Waals surface area (Å²) in [5, 5.41) is 2.86. The molecular weight excluding hydrogens is 464 g/mol. The predicted octanol–water partition coefficient (Wildman–Crippen LogP) is 5.61. The second-order valence-electron chi connectivity index (χ2n) is 8.40. The van der Waals surface area contributed by atoms with Gasteiger partial charge in [0.15, 0.2) is 5.75 Å². The van der Waals surface area contributed by atoms with E-state index in [0.29, 0.717) is 42.4 Å². The number of piperidine rings is 1. The molecule has 0 atom stereocenters. The summed E-state index contributed by atoms with van der Waals surface area (Å²) >= 11 is 0. The number of amides is 1. The van der Waals surface area contributed by atoms with Crippen molar-refractivity contribution in [3.63, 3.8) is 0 Å². The quantitative estimate of drug-likeness (QED) is 0.440. The Kier molecular flexibility index (Phi) is 7.73. The van der Waals surface area contributed by atoms with Crippen LogP contribution in [0.2, 0.25) is 0 Å². The van der Waals surface area contributed by atoms with Gasteiger partial charge in [-0.25, -0.2) is 8.42 Å². The van der Waals surface area contributed by atoms with Gasteiger partial charge in [0.1, 0.15) is 11.5 Å². The van der Waals surface area contributed by atoms with Crippen molar-refractivity contribution in [3.8, 4) is 17.2 Å². The standard InChI is InChI=1S/C27H30N2O5S/c1-3-33-22-13-15-23(16-14-22)34-25-10-6-5-9-24(25)28-27(30)21-12-11-20(2)26(19-21)35(31,32)29-17-7-4-8-18-29/h5-6,9-16,19H,3-4,7-8,17-18H2,1-2H3,(H,28,30). The molecule has 1 aliphatic rings. The van der Waals surface area contributed by atoms with E-state index in [9.17, 15) is 13.2 Å². The maximum atomic E-state index is 13.2. The lowest BCUT2D eigenvalue weighted by molar-refractivity contribution is 0.102. The fourth-order valence-electron chi connectivity index (χ4n) is 4.01. The van der Waals surface area contributed by atoms with Crippen LogP contribution < -0.4 is 14.8 Å². The van der Waals surface area contributed by atoms with Gasteiger partial charge in [-0.05, 0) is 80.8 Å². The Morgan fingerprint density at radius 1 is 0.943 bits per heavy atom. The second kappa shape index (κ2) is 10.9. The Labute approximate surface area is 206 Å². The monoisotopic (exact) mass is 494 g/mol. The Morgan fingerprint density at radius 2 is 1.63 bits per heavy atom. The van der Waals surface area contributed by atoms with Crippen LogP contribution in [0.5, 0.6) is 17.2 Å². The van der Waals surface area contributed by atoms with Crippen molar-refractivity contribution in [3.05, 3.63) is 77.9 Å². The zero-order chi connectivity index (χ0) is 24.8. The van der Waals surface area contributed by atoms with Crippen LogP contribution in [0.3, 0.4) is 0 Å². The first-order chi connectivity index (χ1) is 16.9. The molecule has 7 nitrogen and oxygen atoms in total. The number of aryl methyl sites for hydroxylation is 1. The highest BCUT2D eigenvalue weighted by Crippen LogP contribution is 2.31. The normalized spacial score (nSPS) is 14.3. The van der Waals surface area contributed by atoms with E-state index in [4.69, 9.17) is 9.47 Å². The lowest BCUT2D eigenvalue weighted by Crippen LogP contribution is -2.36. The molecule has 35 heavy (non-hydrogen) atoms. The molecule has 0 aliphatic carbocycles. The van der Waals surface area contributed by atoms with Gasteiger partial charge < -0.3 is 14.8 Å². The number of nitrogens with one attached hydrogen (secondary N) is 1. The minimum absolute atomic E-state index is 0.172. The van der Waals surface area contributed by atoms with Gasteiger partial charge >= 0.3 is 0 Å². The van der Waals surface area contributed by atoms with Crippen LogP contribution >= 0.6 is 0 Å². The van der Waals surface area contributed by atoms with Crippen molar-refractivity contribution in [1.82, 2.24) is 4.31 Å². The number of hydrogen-bond acceptors (Lipinski definition) is 5. The van der Waals surface area contributed by atoms with E-state index in [1.165, 1.54) is 10.4 Å². The van der Waals surface area contributed by atoms with Crippen LogP contribution in [0.4, 0.5) is 5.69 Å². The third kappa shape index (κ3) is 5.83. The minimum atomic E-state index is -3.66. The van der Waals surface area contributed by atoms with Gasteiger partial charge in [0.05, 0.1) is 17.2 Å². The molecule has 1 saturated heterocycles. The summed E-state index contributed by atoms with van der Waals surface area (Å²) in [6.45, 7) is 5.26. The molecule has 0 spiro atoms. The summed E-state index contributed by atoms with van der Waals surface area (Å²) < 4.78 is 39.4. The van der Waals surface area contributed by atoms with Gasteiger partial charge in [-0.3, -0.25) is 4.79 Å². The first kappa shape index (κ1) is 24.8. The number of hydrogen-bond donors (Lipinski definition) is 1. The van der Waals surface area contributed by atoms with Crippen LogP contribution in [0.15, 0.2) is 71.6 Å². The van der Waals surface area contributed by atoms with E-state index in [1.54, 1.807) is 49.4 Å². The molecular formula is C27H30N2O5S. The molecule has 3 aromatic carbocycles. The summed E-state index contributed by atoms with van der Waals surface area (Å²) in [4.78, 5) is 13.3. The summed E-state index contributed by atoms with van der Waals surface area (Å²) in [7, 11) is -3.66. The van der Waals surface area contributed by atoms with Crippen molar-refractivity contribution < 1.29 is 22.7 Å². The van der Waals surface area contributed by atoms with Crippen LogP contribution in [0.25, 0.3) is 0 Å². The van der Waals surface area contributed by atoms with Crippen LogP contribution in [-0.4, -0.2) is 38.3 Å². The molecule has 0 saturated carbocycles. The number of anilines is 1. The fraction of sp³-hybridized carbons (Fsp3) is 0.296. The zero-order valence-corrected chi connectivity index (χ0v) is 20.8. The van der Waals surface area contributed by atoms with Gasteiger partial charge in [0.25, 0.3) is 5.91 Å². The Bertz CT molecular complexity index is 1280. The molecule has 1 fully saturated rings. The SMILES string of the molecule is CCOc1ccc(Oc2ccccc2NC(=O)c2ccc(C)c(S(=O)(=O)N3CCCCC3)c2)cc1. The second-order valence-corrected chi connectivity index (χ2v) is 10.3. The van der Waals surface area contributed by atoms with Crippen molar-refractivity contribution in [2.75, 3.05) is 25.0 Å². The number of nitrogens with zero attached hydrogens (tertiary/aromatic N) is 1. The summed E-state index contributed by atoms with van der Waals surface area (Å²) in [6.07, 6.45) is 2.73. The topological polar surface area (TPSA) is 84.9 Å².